The summed E-state index contributed by atoms with van der Waals surface area (Å²) in [6.45, 7) is 3.79. The molecule has 1 atom stereocenters. The van der Waals surface area contributed by atoms with Crippen LogP contribution in [0.3, 0.4) is 0 Å². The van der Waals surface area contributed by atoms with E-state index in [1.54, 1.807) is 24.3 Å². The zero-order valence-electron chi connectivity index (χ0n) is 13.2. The molecule has 0 aliphatic heterocycles. The molecule has 0 fully saturated rings. The lowest BCUT2D eigenvalue weighted by Crippen LogP contribution is -2.26. The second-order valence-corrected chi connectivity index (χ2v) is 7.48. The predicted molar refractivity (Wildman–Crippen MR) is 93.9 cm³/mol. The minimum Gasteiger partial charge on any atom is -0.207 e. The molecule has 0 aromatic heterocycles. The molecule has 0 saturated carbocycles. The molecule has 1 N–H and O–H groups in total. The Balaban J connectivity index is 1.87. The Bertz CT molecular complexity index is 931. The molecular formula is C19H19NO2S. The average molecular weight is 325 g/mol. The van der Waals surface area contributed by atoms with Gasteiger partial charge in [-0.25, -0.2) is 13.1 Å². The first-order valence-electron chi connectivity index (χ1n) is 7.53. The van der Waals surface area contributed by atoms with Crippen LogP contribution < -0.4 is 4.72 Å². The van der Waals surface area contributed by atoms with E-state index in [4.69, 9.17) is 0 Å². The summed E-state index contributed by atoms with van der Waals surface area (Å²) in [4.78, 5) is 0.288. The molecule has 3 aromatic carbocycles. The van der Waals surface area contributed by atoms with Gasteiger partial charge in [0.1, 0.15) is 0 Å². The molecule has 4 heteroatoms. The van der Waals surface area contributed by atoms with Gasteiger partial charge in [-0.15, -0.1) is 0 Å². The Hall–Kier alpha value is -2.17. The van der Waals surface area contributed by atoms with Gasteiger partial charge in [-0.1, -0.05) is 54.1 Å². The topological polar surface area (TPSA) is 46.2 Å². The van der Waals surface area contributed by atoms with Crippen LogP contribution in [0.4, 0.5) is 0 Å². The molecule has 3 aromatic rings. The largest absolute Gasteiger partial charge is 0.241 e. The first-order chi connectivity index (χ1) is 11.0. The van der Waals surface area contributed by atoms with Crippen LogP contribution >= 0.6 is 0 Å². The van der Waals surface area contributed by atoms with Crippen molar-refractivity contribution in [3.05, 3.63) is 77.9 Å². The molecule has 23 heavy (non-hydrogen) atoms. The van der Waals surface area contributed by atoms with Gasteiger partial charge in [-0.3, -0.25) is 0 Å². The van der Waals surface area contributed by atoms with E-state index in [9.17, 15) is 8.42 Å². The monoisotopic (exact) mass is 325 g/mol. The summed E-state index contributed by atoms with van der Waals surface area (Å²) >= 11 is 0. The number of hydrogen-bond acceptors (Lipinski definition) is 2. The molecule has 3 nitrogen and oxygen atoms in total. The van der Waals surface area contributed by atoms with Crippen molar-refractivity contribution >= 4 is 20.8 Å². The van der Waals surface area contributed by atoms with Crippen LogP contribution in [-0.2, 0) is 10.0 Å². The van der Waals surface area contributed by atoms with Gasteiger partial charge in [0.2, 0.25) is 10.0 Å². The summed E-state index contributed by atoms with van der Waals surface area (Å²) < 4.78 is 27.7. The molecule has 0 spiro atoms. The standard InChI is InChI=1S/C19H19NO2S/c1-14-7-11-19(12-8-14)23(21,22)20-15(2)17-10-9-16-5-3-4-6-18(16)13-17/h3-13,15,20H,1-2H3. The third-order valence-electron chi connectivity index (χ3n) is 3.94. The molecule has 3 rings (SSSR count). The number of hydrogen-bond donors (Lipinski definition) is 1. The van der Waals surface area contributed by atoms with Crippen molar-refractivity contribution in [1.29, 1.82) is 0 Å². The van der Waals surface area contributed by atoms with E-state index in [1.165, 1.54) is 0 Å². The van der Waals surface area contributed by atoms with Crippen LogP contribution in [0.1, 0.15) is 24.1 Å². The summed E-state index contributed by atoms with van der Waals surface area (Å²) in [5.74, 6) is 0. The number of nitrogens with one attached hydrogen (secondary N) is 1. The van der Waals surface area contributed by atoms with Crippen LogP contribution in [0.2, 0.25) is 0 Å². The second kappa shape index (κ2) is 6.14. The maximum Gasteiger partial charge on any atom is 0.241 e. The molecule has 0 aliphatic carbocycles. The van der Waals surface area contributed by atoms with Crippen LogP contribution in [0.25, 0.3) is 10.8 Å². The van der Waals surface area contributed by atoms with E-state index in [0.29, 0.717) is 0 Å². The van der Waals surface area contributed by atoms with Gasteiger partial charge in [0.25, 0.3) is 0 Å². The lowest BCUT2D eigenvalue weighted by atomic mass is 10.0. The fourth-order valence-corrected chi connectivity index (χ4v) is 3.80. The zero-order valence-corrected chi connectivity index (χ0v) is 14.0. The van der Waals surface area contributed by atoms with Gasteiger partial charge in [-0.05, 0) is 48.4 Å². The summed E-state index contributed by atoms with van der Waals surface area (Å²) in [6, 6.07) is 20.6. The minimum atomic E-state index is -3.53. The Morgan fingerprint density at radius 3 is 2.22 bits per heavy atom. The third-order valence-corrected chi connectivity index (χ3v) is 5.49. The number of aryl methyl sites for hydroxylation is 1. The van der Waals surface area contributed by atoms with Crippen molar-refractivity contribution in [2.45, 2.75) is 24.8 Å². The first-order valence-corrected chi connectivity index (χ1v) is 9.02. The average Bonchev–Trinajstić information content (AvgIpc) is 2.54. The SMILES string of the molecule is Cc1ccc(S(=O)(=O)NC(C)c2ccc3ccccc3c2)cc1. The van der Waals surface area contributed by atoms with Crippen molar-refractivity contribution in [3.63, 3.8) is 0 Å². The first kappa shape index (κ1) is 15.7. The van der Waals surface area contributed by atoms with Gasteiger partial charge in [0, 0.05) is 6.04 Å². The summed E-state index contributed by atoms with van der Waals surface area (Å²) in [5.41, 5.74) is 1.98. The normalized spacial score (nSPS) is 13.1. The fourth-order valence-electron chi connectivity index (χ4n) is 2.56. The van der Waals surface area contributed by atoms with E-state index in [-0.39, 0.29) is 10.9 Å². The van der Waals surface area contributed by atoms with Crippen LogP contribution in [0.15, 0.2) is 71.6 Å². The second-order valence-electron chi connectivity index (χ2n) is 5.76. The Morgan fingerprint density at radius 2 is 1.52 bits per heavy atom. The van der Waals surface area contributed by atoms with Gasteiger partial charge < -0.3 is 0 Å². The van der Waals surface area contributed by atoms with Crippen molar-refractivity contribution in [2.75, 3.05) is 0 Å². The Labute approximate surface area is 137 Å². The molecular weight excluding hydrogens is 306 g/mol. The lowest BCUT2D eigenvalue weighted by Gasteiger charge is -2.15. The highest BCUT2D eigenvalue weighted by molar-refractivity contribution is 7.89. The van der Waals surface area contributed by atoms with Crippen molar-refractivity contribution in [2.24, 2.45) is 0 Å². The van der Waals surface area contributed by atoms with E-state index in [1.807, 2.05) is 56.3 Å². The highest BCUT2D eigenvalue weighted by Gasteiger charge is 2.18. The lowest BCUT2D eigenvalue weighted by molar-refractivity contribution is 0.567. The van der Waals surface area contributed by atoms with E-state index < -0.39 is 10.0 Å². The highest BCUT2D eigenvalue weighted by atomic mass is 32.2. The molecule has 118 valence electrons. The number of sulfonamides is 1. The van der Waals surface area contributed by atoms with E-state index >= 15 is 0 Å². The van der Waals surface area contributed by atoms with E-state index in [2.05, 4.69) is 4.72 Å². The fraction of sp³-hybridized carbons (Fsp3) is 0.158. The molecule has 0 bridgehead atoms. The number of fused-ring (bicyclic) bond motifs is 1. The minimum absolute atomic E-state index is 0.288. The molecule has 0 amide bonds. The summed E-state index contributed by atoms with van der Waals surface area (Å²) in [7, 11) is -3.53. The van der Waals surface area contributed by atoms with Crippen LogP contribution in [0.5, 0.6) is 0 Å². The molecule has 0 radical (unpaired) electrons. The summed E-state index contributed by atoms with van der Waals surface area (Å²) in [6.07, 6.45) is 0. The molecule has 0 heterocycles. The predicted octanol–water partition coefficient (Wildman–Crippen LogP) is 4.19. The Kier molecular flexibility index (Phi) is 4.20. The van der Waals surface area contributed by atoms with Gasteiger partial charge in [0.15, 0.2) is 0 Å². The van der Waals surface area contributed by atoms with Crippen molar-refractivity contribution in [1.82, 2.24) is 4.72 Å². The zero-order chi connectivity index (χ0) is 16.4. The van der Waals surface area contributed by atoms with Crippen molar-refractivity contribution < 1.29 is 8.42 Å². The summed E-state index contributed by atoms with van der Waals surface area (Å²) in [5, 5.41) is 2.25. The van der Waals surface area contributed by atoms with Crippen molar-refractivity contribution in [3.8, 4) is 0 Å². The highest BCUT2D eigenvalue weighted by Crippen LogP contribution is 2.22. The van der Waals surface area contributed by atoms with Crippen LogP contribution in [-0.4, -0.2) is 8.42 Å². The van der Waals surface area contributed by atoms with Gasteiger partial charge in [0.05, 0.1) is 4.90 Å². The maximum absolute atomic E-state index is 12.5. The molecule has 1 unspecified atom stereocenters. The molecule has 0 aliphatic rings. The molecule has 0 saturated heterocycles. The van der Waals surface area contributed by atoms with E-state index in [0.717, 1.165) is 21.9 Å². The number of rotatable bonds is 4. The smallest absolute Gasteiger partial charge is 0.207 e. The van der Waals surface area contributed by atoms with Gasteiger partial charge >= 0.3 is 0 Å². The number of benzene rings is 3. The third kappa shape index (κ3) is 3.44. The Morgan fingerprint density at radius 1 is 0.870 bits per heavy atom. The quantitative estimate of drug-likeness (QED) is 0.782. The van der Waals surface area contributed by atoms with Crippen LogP contribution in [0, 0.1) is 6.92 Å². The maximum atomic E-state index is 12.5. The van der Waals surface area contributed by atoms with Gasteiger partial charge in [-0.2, -0.15) is 0 Å².